The molecule has 0 aliphatic heterocycles. The molecule has 0 spiro atoms. The SMILES string of the molecule is Cc1ccccc1-n1ncc(C(C)NC(=O)c2cc(F)c(F)cc2F)c1C. The monoisotopic (exact) mass is 373 g/mol. The number of nitrogens with zero attached hydrogens (tertiary/aromatic N) is 2. The third-order valence-corrected chi connectivity index (χ3v) is 4.46. The first kappa shape index (κ1) is 18.7. The summed E-state index contributed by atoms with van der Waals surface area (Å²) in [5.74, 6) is -4.57. The number of para-hydroxylation sites is 1. The van der Waals surface area contributed by atoms with Crippen LogP contribution in [0.2, 0.25) is 0 Å². The average Bonchev–Trinajstić information content (AvgIpc) is 3.00. The molecule has 1 atom stereocenters. The molecule has 4 nitrogen and oxygen atoms in total. The molecule has 140 valence electrons. The van der Waals surface area contributed by atoms with Crippen LogP contribution in [0.15, 0.2) is 42.6 Å². The summed E-state index contributed by atoms with van der Waals surface area (Å²) in [4.78, 5) is 12.3. The molecule has 1 heterocycles. The van der Waals surface area contributed by atoms with E-state index < -0.39 is 35.0 Å². The Bertz CT molecular complexity index is 1010. The smallest absolute Gasteiger partial charge is 0.254 e. The first-order chi connectivity index (χ1) is 12.8. The van der Waals surface area contributed by atoms with Crippen LogP contribution in [0.25, 0.3) is 5.69 Å². The van der Waals surface area contributed by atoms with E-state index in [-0.39, 0.29) is 0 Å². The van der Waals surface area contributed by atoms with Gasteiger partial charge in [0.1, 0.15) is 5.82 Å². The number of rotatable bonds is 4. The molecule has 3 rings (SSSR count). The van der Waals surface area contributed by atoms with Gasteiger partial charge in [-0.25, -0.2) is 17.9 Å². The van der Waals surface area contributed by atoms with E-state index in [0.717, 1.165) is 22.5 Å². The second-order valence-electron chi connectivity index (χ2n) is 6.32. The third-order valence-electron chi connectivity index (χ3n) is 4.46. The zero-order valence-electron chi connectivity index (χ0n) is 15.1. The van der Waals surface area contributed by atoms with Gasteiger partial charge in [-0.05, 0) is 38.5 Å². The van der Waals surface area contributed by atoms with Crippen molar-refractivity contribution in [3.8, 4) is 5.69 Å². The standard InChI is InChI=1S/C20H18F3N3O/c1-11-6-4-5-7-19(11)26-13(3)15(10-24-26)12(2)25-20(27)14-8-17(22)18(23)9-16(14)21/h4-10,12H,1-3H3,(H,25,27). The van der Waals surface area contributed by atoms with Crippen LogP contribution in [0, 0.1) is 31.3 Å². The Hall–Kier alpha value is -3.09. The van der Waals surface area contributed by atoms with E-state index in [1.807, 2.05) is 38.1 Å². The highest BCUT2D eigenvalue weighted by Crippen LogP contribution is 2.23. The lowest BCUT2D eigenvalue weighted by atomic mass is 10.1. The summed E-state index contributed by atoms with van der Waals surface area (Å²) in [6, 6.07) is 8.12. The minimum Gasteiger partial charge on any atom is -0.345 e. The number of carbonyl (C=O) groups is 1. The van der Waals surface area contributed by atoms with Gasteiger partial charge in [-0.2, -0.15) is 5.10 Å². The fourth-order valence-electron chi connectivity index (χ4n) is 2.94. The van der Waals surface area contributed by atoms with Gasteiger partial charge in [-0.1, -0.05) is 18.2 Å². The first-order valence-electron chi connectivity index (χ1n) is 8.35. The molecule has 7 heteroatoms. The topological polar surface area (TPSA) is 46.9 Å². The van der Waals surface area contributed by atoms with Crippen molar-refractivity contribution in [1.82, 2.24) is 15.1 Å². The van der Waals surface area contributed by atoms with Gasteiger partial charge in [0, 0.05) is 17.3 Å². The first-order valence-corrected chi connectivity index (χ1v) is 8.35. The van der Waals surface area contributed by atoms with Crippen LogP contribution in [0.4, 0.5) is 13.2 Å². The minimum atomic E-state index is -1.34. The molecule has 3 aromatic rings. The molecule has 1 N–H and O–H groups in total. The van der Waals surface area contributed by atoms with Crippen LogP contribution in [0.3, 0.4) is 0 Å². The van der Waals surface area contributed by atoms with E-state index in [9.17, 15) is 18.0 Å². The van der Waals surface area contributed by atoms with Crippen molar-refractivity contribution in [2.75, 3.05) is 0 Å². The second-order valence-corrected chi connectivity index (χ2v) is 6.32. The molecule has 1 aromatic heterocycles. The predicted molar refractivity (Wildman–Crippen MR) is 95.2 cm³/mol. The number of hydrogen-bond acceptors (Lipinski definition) is 2. The van der Waals surface area contributed by atoms with Crippen LogP contribution in [-0.2, 0) is 0 Å². The lowest BCUT2D eigenvalue weighted by Gasteiger charge is -2.15. The summed E-state index contributed by atoms with van der Waals surface area (Å²) < 4.78 is 41.9. The largest absolute Gasteiger partial charge is 0.345 e. The fraction of sp³-hybridized carbons (Fsp3) is 0.200. The van der Waals surface area contributed by atoms with Crippen LogP contribution in [0.1, 0.15) is 40.1 Å². The van der Waals surface area contributed by atoms with Gasteiger partial charge < -0.3 is 5.32 Å². The summed E-state index contributed by atoms with van der Waals surface area (Å²) in [6.45, 7) is 5.53. The van der Waals surface area contributed by atoms with Crippen LogP contribution in [0.5, 0.6) is 0 Å². The zero-order valence-corrected chi connectivity index (χ0v) is 15.1. The Kier molecular flexibility index (Phi) is 5.03. The highest BCUT2D eigenvalue weighted by Gasteiger charge is 2.21. The molecule has 1 unspecified atom stereocenters. The highest BCUT2D eigenvalue weighted by molar-refractivity contribution is 5.94. The highest BCUT2D eigenvalue weighted by atomic mass is 19.2. The van der Waals surface area contributed by atoms with E-state index >= 15 is 0 Å². The number of hydrogen-bond donors (Lipinski definition) is 1. The number of benzene rings is 2. The lowest BCUT2D eigenvalue weighted by molar-refractivity contribution is 0.0935. The number of amides is 1. The molecule has 0 saturated heterocycles. The van der Waals surface area contributed by atoms with Crippen LogP contribution < -0.4 is 5.32 Å². The number of halogens is 3. The van der Waals surface area contributed by atoms with Gasteiger partial charge in [0.25, 0.3) is 5.91 Å². The van der Waals surface area contributed by atoms with Crippen molar-refractivity contribution in [3.63, 3.8) is 0 Å². The average molecular weight is 373 g/mol. The molecular weight excluding hydrogens is 355 g/mol. The van der Waals surface area contributed by atoms with E-state index in [0.29, 0.717) is 12.1 Å². The Morgan fingerprint density at radius 3 is 2.44 bits per heavy atom. The number of carbonyl (C=O) groups excluding carboxylic acids is 1. The molecule has 2 aromatic carbocycles. The molecule has 0 bridgehead atoms. The normalized spacial score (nSPS) is 12.1. The molecular formula is C20H18F3N3O. The van der Waals surface area contributed by atoms with Crippen molar-refractivity contribution >= 4 is 5.91 Å². The van der Waals surface area contributed by atoms with E-state index in [2.05, 4.69) is 10.4 Å². The van der Waals surface area contributed by atoms with Gasteiger partial charge >= 0.3 is 0 Å². The van der Waals surface area contributed by atoms with Crippen molar-refractivity contribution < 1.29 is 18.0 Å². The maximum atomic E-state index is 13.8. The van der Waals surface area contributed by atoms with E-state index in [4.69, 9.17) is 0 Å². The molecule has 0 fully saturated rings. The molecule has 1 amide bonds. The Balaban J connectivity index is 1.85. The molecule has 27 heavy (non-hydrogen) atoms. The minimum absolute atomic E-state index is 0.358. The summed E-state index contributed by atoms with van der Waals surface area (Å²) >= 11 is 0. The maximum Gasteiger partial charge on any atom is 0.254 e. The van der Waals surface area contributed by atoms with Gasteiger partial charge in [0.2, 0.25) is 0 Å². The second kappa shape index (κ2) is 7.26. The molecule has 0 aliphatic carbocycles. The maximum absolute atomic E-state index is 13.8. The van der Waals surface area contributed by atoms with Gasteiger partial charge in [-0.3, -0.25) is 4.79 Å². The quantitative estimate of drug-likeness (QED) is 0.689. The summed E-state index contributed by atoms with van der Waals surface area (Å²) in [6.07, 6.45) is 1.62. The van der Waals surface area contributed by atoms with E-state index in [1.54, 1.807) is 17.8 Å². The fourth-order valence-corrected chi connectivity index (χ4v) is 2.94. The number of nitrogens with one attached hydrogen (secondary N) is 1. The van der Waals surface area contributed by atoms with E-state index in [1.165, 1.54) is 0 Å². The lowest BCUT2D eigenvalue weighted by Crippen LogP contribution is -2.28. The molecule has 0 saturated carbocycles. The van der Waals surface area contributed by atoms with Crippen LogP contribution >= 0.6 is 0 Å². The van der Waals surface area contributed by atoms with Crippen molar-refractivity contribution in [3.05, 3.63) is 82.4 Å². The molecule has 0 radical (unpaired) electrons. The Morgan fingerprint density at radius 2 is 1.74 bits per heavy atom. The summed E-state index contributed by atoms with van der Waals surface area (Å²) in [5, 5.41) is 6.97. The zero-order chi connectivity index (χ0) is 19.7. The number of aryl methyl sites for hydroxylation is 1. The van der Waals surface area contributed by atoms with Crippen molar-refractivity contribution in [1.29, 1.82) is 0 Å². The Labute approximate surface area is 154 Å². The molecule has 0 aliphatic rings. The van der Waals surface area contributed by atoms with Crippen molar-refractivity contribution in [2.45, 2.75) is 26.8 Å². The summed E-state index contributed by atoms with van der Waals surface area (Å²) in [5.41, 5.74) is 2.93. The van der Waals surface area contributed by atoms with Crippen molar-refractivity contribution in [2.24, 2.45) is 0 Å². The third kappa shape index (κ3) is 3.58. The van der Waals surface area contributed by atoms with Gasteiger partial charge in [0.15, 0.2) is 11.6 Å². The van der Waals surface area contributed by atoms with Gasteiger partial charge in [-0.15, -0.1) is 0 Å². The number of aromatic nitrogens is 2. The van der Waals surface area contributed by atoms with Crippen LogP contribution in [-0.4, -0.2) is 15.7 Å². The summed E-state index contributed by atoms with van der Waals surface area (Å²) in [7, 11) is 0. The Morgan fingerprint density at radius 1 is 1.07 bits per heavy atom. The predicted octanol–water partition coefficient (Wildman–Crippen LogP) is 4.40. The van der Waals surface area contributed by atoms with Gasteiger partial charge in [0.05, 0.1) is 23.5 Å².